The highest BCUT2D eigenvalue weighted by molar-refractivity contribution is 7.80. The van der Waals surface area contributed by atoms with E-state index in [-0.39, 0.29) is 6.04 Å². The number of anilines is 1. The van der Waals surface area contributed by atoms with Crippen LogP contribution in [0.3, 0.4) is 0 Å². The van der Waals surface area contributed by atoms with Crippen molar-refractivity contribution in [1.82, 2.24) is 10.3 Å². The number of ether oxygens (including phenoxy) is 1. The monoisotopic (exact) mass is 315 g/mol. The molecule has 0 aliphatic carbocycles. The number of aromatic nitrogens is 1. The molecule has 0 bridgehead atoms. The second kappa shape index (κ2) is 7.75. The molecule has 5 heteroatoms. The first-order valence-electron chi connectivity index (χ1n) is 7.23. The standard InChI is InChI=1S/C17H21N3OS/c1-12-6-8-15(9-7-12)21-11-14(3)19-17(22)20-16-13(2)5-4-10-18-16/h4-10,14H,11H2,1-3H3,(H2,18,19,20,22)/t14-/m1/s1. The van der Waals surface area contributed by atoms with Crippen molar-refractivity contribution in [3.8, 4) is 5.75 Å². The van der Waals surface area contributed by atoms with Crippen molar-refractivity contribution in [3.63, 3.8) is 0 Å². The van der Waals surface area contributed by atoms with Gasteiger partial charge in [0.15, 0.2) is 5.11 Å². The van der Waals surface area contributed by atoms with E-state index in [9.17, 15) is 0 Å². The van der Waals surface area contributed by atoms with Gasteiger partial charge in [0.2, 0.25) is 0 Å². The fourth-order valence-corrected chi connectivity index (χ4v) is 2.18. The maximum Gasteiger partial charge on any atom is 0.172 e. The Morgan fingerprint density at radius 3 is 2.64 bits per heavy atom. The summed E-state index contributed by atoms with van der Waals surface area (Å²) >= 11 is 5.30. The molecule has 0 unspecified atom stereocenters. The molecule has 0 saturated heterocycles. The fraction of sp³-hybridized carbons (Fsp3) is 0.294. The third kappa shape index (κ3) is 5.00. The van der Waals surface area contributed by atoms with Gasteiger partial charge in [0, 0.05) is 6.20 Å². The van der Waals surface area contributed by atoms with E-state index < -0.39 is 0 Å². The molecule has 2 N–H and O–H groups in total. The first kappa shape index (κ1) is 16.2. The third-order valence-corrected chi connectivity index (χ3v) is 3.36. The lowest BCUT2D eigenvalue weighted by atomic mass is 10.2. The minimum absolute atomic E-state index is 0.0883. The minimum Gasteiger partial charge on any atom is -0.491 e. The van der Waals surface area contributed by atoms with E-state index in [2.05, 4.69) is 22.5 Å². The Morgan fingerprint density at radius 1 is 1.23 bits per heavy atom. The van der Waals surface area contributed by atoms with Gasteiger partial charge in [-0.2, -0.15) is 0 Å². The Hall–Kier alpha value is -2.14. The lowest BCUT2D eigenvalue weighted by Crippen LogP contribution is -2.39. The van der Waals surface area contributed by atoms with Crippen LogP contribution in [-0.4, -0.2) is 22.7 Å². The molecule has 22 heavy (non-hydrogen) atoms. The van der Waals surface area contributed by atoms with Crippen LogP contribution < -0.4 is 15.4 Å². The third-order valence-electron chi connectivity index (χ3n) is 3.14. The SMILES string of the molecule is Cc1ccc(OC[C@@H](C)NC(=S)Nc2ncccc2C)cc1. The molecule has 1 aromatic carbocycles. The average Bonchev–Trinajstić information content (AvgIpc) is 2.49. The van der Waals surface area contributed by atoms with Crippen molar-refractivity contribution in [1.29, 1.82) is 0 Å². The summed E-state index contributed by atoms with van der Waals surface area (Å²) in [6, 6.07) is 12.0. The number of rotatable bonds is 5. The summed E-state index contributed by atoms with van der Waals surface area (Å²) in [5.74, 6) is 1.63. The van der Waals surface area contributed by atoms with E-state index in [0.717, 1.165) is 17.1 Å². The summed E-state index contributed by atoms with van der Waals surface area (Å²) in [5, 5.41) is 6.84. The molecule has 1 heterocycles. The summed E-state index contributed by atoms with van der Waals surface area (Å²) in [5.41, 5.74) is 2.27. The van der Waals surface area contributed by atoms with Crippen molar-refractivity contribution in [2.45, 2.75) is 26.8 Å². The molecule has 2 rings (SSSR count). The highest BCUT2D eigenvalue weighted by Gasteiger charge is 2.07. The predicted octanol–water partition coefficient (Wildman–Crippen LogP) is 3.45. The Balaban J connectivity index is 1.79. The Labute approximate surface area is 136 Å². The number of hydrogen-bond donors (Lipinski definition) is 2. The van der Waals surface area contributed by atoms with Gasteiger partial charge >= 0.3 is 0 Å². The normalized spacial score (nSPS) is 11.6. The van der Waals surface area contributed by atoms with Crippen LogP contribution in [0.2, 0.25) is 0 Å². The lowest BCUT2D eigenvalue weighted by molar-refractivity contribution is 0.287. The van der Waals surface area contributed by atoms with Gasteiger partial charge in [0.1, 0.15) is 18.2 Å². The van der Waals surface area contributed by atoms with Gasteiger partial charge < -0.3 is 15.4 Å². The highest BCUT2D eigenvalue weighted by Crippen LogP contribution is 2.12. The molecule has 0 amide bonds. The van der Waals surface area contributed by atoms with Crippen LogP contribution in [0.15, 0.2) is 42.6 Å². The number of pyridine rings is 1. The number of hydrogen-bond acceptors (Lipinski definition) is 3. The van der Waals surface area contributed by atoms with Crippen molar-refractivity contribution in [3.05, 3.63) is 53.7 Å². The van der Waals surface area contributed by atoms with Crippen LogP contribution in [0.5, 0.6) is 5.75 Å². The molecule has 1 aromatic heterocycles. The summed E-state index contributed by atoms with van der Waals surface area (Å²) in [6.45, 7) is 6.60. The van der Waals surface area contributed by atoms with Crippen molar-refractivity contribution < 1.29 is 4.74 Å². The second-order valence-electron chi connectivity index (χ2n) is 5.29. The van der Waals surface area contributed by atoms with Gasteiger partial charge in [-0.1, -0.05) is 23.8 Å². The molecule has 4 nitrogen and oxygen atoms in total. The molecule has 116 valence electrons. The van der Waals surface area contributed by atoms with Gasteiger partial charge in [-0.25, -0.2) is 4.98 Å². The molecule has 0 saturated carbocycles. The van der Waals surface area contributed by atoms with Crippen LogP contribution in [0.4, 0.5) is 5.82 Å². The van der Waals surface area contributed by atoms with Crippen molar-refractivity contribution >= 4 is 23.1 Å². The number of aryl methyl sites for hydroxylation is 2. The van der Waals surface area contributed by atoms with Gasteiger partial charge in [-0.15, -0.1) is 0 Å². The molecule has 0 spiro atoms. The van der Waals surface area contributed by atoms with Crippen LogP contribution >= 0.6 is 12.2 Å². The van der Waals surface area contributed by atoms with E-state index in [1.165, 1.54) is 5.56 Å². The zero-order chi connectivity index (χ0) is 15.9. The van der Waals surface area contributed by atoms with Crippen LogP contribution in [0.1, 0.15) is 18.1 Å². The molecular formula is C17H21N3OS. The number of benzene rings is 1. The number of nitrogens with one attached hydrogen (secondary N) is 2. The first-order valence-corrected chi connectivity index (χ1v) is 7.64. The quantitative estimate of drug-likeness (QED) is 0.828. The molecular weight excluding hydrogens is 294 g/mol. The molecule has 0 fully saturated rings. The Kier molecular flexibility index (Phi) is 5.72. The van der Waals surface area contributed by atoms with Crippen molar-refractivity contribution in [2.75, 3.05) is 11.9 Å². The van der Waals surface area contributed by atoms with Gasteiger partial charge in [0.05, 0.1) is 6.04 Å². The molecule has 1 atom stereocenters. The molecule has 2 aromatic rings. The van der Waals surface area contributed by atoms with Gasteiger partial charge in [0.25, 0.3) is 0 Å². The zero-order valence-corrected chi connectivity index (χ0v) is 13.9. The average molecular weight is 315 g/mol. The zero-order valence-electron chi connectivity index (χ0n) is 13.1. The second-order valence-corrected chi connectivity index (χ2v) is 5.70. The molecule has 0 aliphatic heterocycles. The summed E-state index contributed by atoms with van der Waals surface area (Å²) in [7, 11) is 0. The Morgan fingerprint density at radius 2 is 1.95 bits per heavy atom. The summed E-state index contributed by atoms with van der Waals surface area (Å²) in [4.78, 5) is 4.26. The number of nitrogens with zero attached hydrogens (tertiary/aromatic N) is 1. The van der Waals surface area contributed by atoms with Gasteiger partial charge in [-0.3, -0.25) is 0 Å². The highest BCUT2D eigenvalue weighted by atomic mass is 32.1. The maximum absolute atomic E-state index is 5.73. The predicted molar refractivity (Wildman–Crippen MR) is 94.5 cm³/mol. The molecule has 0 radical (unpaired) electrons. The van der Waals surface area contributed by atoms with E-state index in [0.29, 0.717) is 11.7 Å². The smallest absolute Gasteiger partial charge is 0.172 e. The van der Waals surface area contributed by atoms with E-state index in [4.69, 9.17) is 17.0 Å². The molecule has 0 aliphatic rings. The lowest BCUT2D eigenvalue weighted by Gasteiger charge is -2.18. The fourth-order valence-electron chi connectivity index (χ4n) is 1.88. The largest absolute Gasteiger partial charge is 0.491 e. The summed E-state index contributed by atoms with van der Waals surface area (Å²) in [6.07, 6.45) is 1.74. The van der Waals surface area contributed by atoms with E-state index in [1.54, 1.807) is 6.20 Å². The van der Waals surface area contributed by atoms with E-state index in [1.807, 2.05) is 50.2 Å². The maximum atomic E-state index is 5.73. The van der Waals surface area contributed by atoms with Crippen LogP contribution in [0, 0.1) is 13.8 Å². The van der Waals surface area contributed by atoms with Crippen LogP contribution in [-0.2, 0) is 0 Å². The van der Waals surface area contributed by atoms with Crippen LogP contribution in [0.25, 0.3) is 0 Å². The topological polar surface area (TPSA) is 46.2 Å². The first-order chi connectivity index (χ1) is 10.5. The van der Waals surface area contributed by atoms with E-state index >= 15 is 0 Å². The van der Waals surface area contributed by atoms with Crippen molar-refractivity contribution in [2.24, 2.45) is 0 Å². The number of thiocarbonyl (C=S) groups is 1. The van der Waals surface area contributed by atoms with Gasteiger partial charge in [-0.05, 0) is 56.8 Å². The summed E-state index contributed by atoms with van der Waals surface area (Å²) < 4.78 is 5.73. The Bertz CT molecular complexity index is 628. The minimum atomic E-state index is 0.0883.